The highest BCUT2D eigenvalue weighted by Crippen LogP contribution is 2.37. The van der Waals surface area contributed by atoms with Crippen molar-refractivity contribution in [2.45, 2.75) is 37.3 Å². The van der Waals surface area contributed by atoms with Crippen LogP contribution in [0.4, 0.5) is 0 Å². The fourth-order valence-electron chi connectivity index (χ4n) is 1.96. The average Bonchev–Trinajstić information content (AvgIpc) is 3.15. The number of nitrogens with one attached hydrogen (secondary N) is 1. The second kappa shape index (κ2) is 5.25. The van der Waals surface area contributed by atoms with Crippen molar-refractivity contribution >= 4 is 10.8 Å². The number of aromatic amines is 1. The van der Waals surface area contributed by atoms with Crippen LogP contribution < -0.4 is 0 Å². The maximum Gasteiger partial charge on any atom is 0.238 e. The third-order valence-corrected chi connectivity index (χ3v) is 4.51. The first-order valence-corrected chi connectivity index (χ1v) is 7.90. The highest BCUT2D eigenvalue weighted by Gasteiger charge is 2.27. The minimum absolute atomic E-state index is 0.453. The fraction of sp³-hybridized carbons (Fsp3) is 0.429. The van der Waals surface area contributed by atoms with E-state index in [1.165, 1.54) is 24.0 Å². The molecule has 0 radical (unpaired) electrons. The van der Waals surface area contributed by atoms with Gasteiger partial charge >= 0.3 is 0 Å². The molecule has 3 rings (SSSR count). The summed E-state index contributed by atoms with van der Waals surface area (Å²) in [5, 5.41) is 7.42. The number of hydrogen-bond acceptors (Lipinski definition) is 3. The van der Waals surface area contributed by atoms with Gasteiger partial charge in [0, 0.05) is 11.7 Å². The molecule has 0 aliphatic heterocycles. The molecule has 0 unspecified atom stereocenters. The predicted molar refractivity (Wildman–Crippen MR) is 74.5 cm³/mol. The molecular weight excluding hydrogens is 258 g/mol. The minimum Gasteiger partial charge on any atom is -0.262 e. The van der Waals surface area contributed by atoms with Crippen LogP contribution in [0.2, 0.25) is 0 Å². The Balaban J connectivity index is 1.59. The third kappa shape index (κ3) is 3.10. The van der Waals surface area contributed by atoms with Crippen LogP contribution >= 0.6 is 0 Å². The van der Waals surface area contributed by atoms with Crippen LogP contribution in [0.1, 0.15) is 35.7 Å². The van der Waals surface area contributed by atoms with Gasteiger partial charge in [0.05, 0.1) is 10.8 Å². The Morgan fingerprint density at radius 1 is 1.32 bits per heavy atom. The van der Waals surface area contributed by atoms with Gasteiger partial charge in [0.1, 0.15) is 5.82 Å². The zero-order chi connectivity index (χ0) is 13.2. The molecule has 0 bridgehead atoms. The summed E-state index contributed by atoms with van der Waals surface area (Å²) in [5.74, 6) is 2.00. The SMILES string of the molecule is Cc1ccc(CC[S@](=O)c2n[nH]c(C3CC3)n2)cc1. The minimum atomic E-state index is -1.11. The molecule has 19 heavy (non-hydrogen) atoms. The molecule has 1 heterocycles. The van der Waals surface area contributed by atoms with Crippen molar-refractivity contribution in [3.63, 3.8) is 0 Å². The number of rotatable bonds is 5. The van der Waals surface area contributed by atoms with Crippen LogP contribution in [-0.4, -0.2) is 25.1 Å². The summed E-state index contributed by atoms with van der Waals surface area (Å²) in [6.07, 6.45) is 3.13. The van der Waals surface area contributed by atoms with Gasteiger partial charge in [-0.05, 0) is 31.7 Å². The normalized spacial score (nSPS) is 16.5. The summed E-state index contributed by atoms with van der Waals surface area (Å²) < 4.78 is 12.1. The third-order valence-electron chi connectivity index (χ3n) is 3.35. The van der Waals surface area contributed by atoms with E-state index in [9.17, 15) is 4.21 Å². The molecule has 1 aliphatic rings. The lowest BCUT2D eigenvalue weighted by molar-refractivity contribution is 0.675. The first-order chi connectivity index (χ1) is 9.22. The molecule has 1 atom stereocenters. The van der Waals surface area contributed by atoms with Crippen molar-refractivity contribution in [1.29, 1.82) is 0 Å². The van der Waals surface area contributed by atoms with Crippen LogP contribution in [0.5, 0.6) is 0 Å². The van der Waals surface area contributed by atoms with Gasteiger partial charge in [-0.25, -0.2) is 4.98 Å². The number of aryl methyl sites for hydroxylation is 2. The monoisotopic (exact) mass is 275 g/mol. The second-order valence-corrected chi connectivity index (χ2v) is 6.53. The van der Waals surface area contributed by atoms with E-state index in [1.54, 1.807) is 0 Å². The Morgan fingerprint density at radius 2 is 2.05 bits per heavy atom. The first kappa shape index (κ1) is 12.5. The van der Waals surface area contributed by atoms with E-state index in [-0.39, 0.29) is 0 Å². The largest absolute Gasteiger partial charge is 0.262 e. The summed E-state index contributed by atoms with van der Waals surface area (Å²) >= 11 is 0. The molecule has 1 N–H and O–H groups in total. The molecular formula is C14H17N3OS. The summed E-state index contributed by atoms with van der Waals surface area (Å²) in [6, 6.07) is 8.33. The summed E-state index contributed by atoms with van der Waals surface area (Å²) in [4.78, 5) is 4.33. The van der Waals surface area contributed by atoms with Crippen molar-refractivity contribution in [2.75, 3.05) is 5.75 Å². The number of H-pyrrole nitrogens is 1. The molecule has 1 saturated carbocycles. The Morgan fingerprint density at radius 3 is 2.74 bits per heavy atom. The molecule has 2 aromatic rings. The number of hydrogen-bond donors (Lipinski definition) is 1. The molecule has 0 saturated heterocycles. The van der Waals surface area contributed by atoms with Crippen molar-refractivity contribution in [1.82, 2.24) is 15.2 Å². The molecule has 1 aromatic carbocycles. The summed E-state index contributed by atoms with van der Waals surface area (Å²) in [6.45, 7) is 2.06. The van der Waals surface area contributed by atoms with E-state index in [0.717, 1.165) is 12.2 Å². The van der Waals surface area contributed by atoms with E-state index in [4.69, 9.17) is 0 Å². The average molecular weight is 275 g/mol. The molecule has 1 aromatic heterocycles. The van der Waals surface area contributed by atoms with Gasteiger partial charge in [-0.3, -0.25) is 9.31 Å². The van der Waals surface area contributed by atoms with Crippen molar-refractivity contribution < 1.29 is 4.21 Å². The van der Waals surface area contributed by atoms with Gasteiger partial charge in [0.2, 0.25) is 5.16 Å². The quantitative estimate of drug-likeness (QED) is 0.911. The summed E-state index contributed by atoms with van der Waals surface area (Å²) in [7, 11) is -1.11. The Labute approximate surface area is 115 Å². The van der Waals surface area contributed by atoms with Crippen LogP contribution in [0.25, 0.3) is 0 Å². The zero-order valence-corrected chi connectivity index (χ0v) is 11.7. The second-order valence-electron chi connectivity index (χ2n) is 5.06. The lowest BCUT2D eigenvalue weighted by atomic mass is 10.1. The smallest absolute Gasteiger partial charge is 0.238 e. The van der Waals surface area contributed by atoms with Crippen LogP contribution in [0, 0.1) is 6.92 Å². The maximum absolute atomic E-state index is 12.1. The van der Waals surface area contributed by atoms with Crippen LogP contribution in [0.3, 0.4) is 0 Å². The van der Waals surface area contributed by atoms with Crippen molar-refractivity contribution in [3.8, 4) is 0 Å². The van der Waals surface area contributed by atoms with E-state index < -0.39 is 10.8 Å². The first-order valence-electron chi connectivity index (χ1n) is 6.58. The van der Waals surface area contributed by atoms with Crippen molar-refractivity contribution in [2.24, 2.45) is 0 Å². The van der Waals surface area contributed by atoms with E-state index >= 15 is 0 Å². The Kier molecular flexibility index (Phi) is 3.46. The molecule has 0 amide bonds. The van der Waals surface area contributed by atoms with Gasteiger partial charge in [0.15, 0.2) is 0 Å². The molecule has 4 nitrogen and oxygen atoms in total. The summed E-state index contributed by atoms with van der Waals surface area (Å²) in [5.41, 5.74) is 2.45. The lowest BCUT2D eigenvalue weighted by Gasteiger charge is -2.00. The van der Waals surface area contributed by atoms with Crippen LogP contribution in [-0.2, 0) is 17.2 Å². The Hall–Kier alpha value is -1.49. The highest BCUT2D eigenvalue weighted by molar-refractivity contribution is 7.84. The highest BCUT2D eigenvalue weighted by atomic mass is 32.2. The van der Waals surface area contributed by atoms with Gasteiger partial charge < -0.3 is 0 Å². The van der Waals surface area contributed by atoms with E-state index in [0.29, 0.717) is 16.8 Å². The number of aromatic nitrogens is 3. The molecule has 5 heteroatoms. The van der Waals surface area contributed by atoms with Crippen LogP contribution in [0.15, 0.2) is 29.4 Å². The van der Waals surface area contributed by atoms with Gasteiger partial charge in [-0.2, -0.15) is 0 Å². The predicted octanol–water partition coefficient (Wildman–Crippen LogP) is 2.34. The Bertz CT molecular complexity index is 587. The molecule has 1 aliphatic carbocycles. The van der Waals surface area contributed by atoms with E-state index in [1.807, 2.05) is 0 Å². The standard InChI is InChI=1S/C14H17N3OS/c1-10-2-4-11(5-3-10)8-9-19(18)14-15-13(16-17-14)12-6-7-12/h2-5,12H,6-9H2,1H3,(H,15,16,17)/t19-/m0/s1. The van der Waals surface area contributed by atoms with E-state index in [2.05, 4.69) is 46.4 Å². The molecule has 100 valence electrons. The molecule has 0 spiro atoms. The van der Waals surface area contributed by atoms with Gasteiger partial charge in [0.25, 0.3) is 0 Å². The zero-order valence-electron chi connectivity index (χ0n) is 10.9. The van der Waals surface area contributed by atoms with Crippen molar-refractivity contribution in [3.05, 3.63) is 41.2 Å². The fourth-order valence-corrected chi connectivity index (χ4v) is 2.91. The lowest BCUT2D eigenvalue weighted by Crippen LogP contribution is -2.03. The topological polar surface area (TPSA) is 58.6 Å². The number of benzene rings is 1. The molecule has 1 fully saturated rings. The maximum atomic E-state index is 12.1. The van der Waals surface area contributed by atoms with Gasteiger partial charge in [-0.15, -0.1) is 5.10 Å². The number of nitrogens with zero attached hydrogens (tertiary/aromatic N) is 2. The van der Waals surface area contributed by atoms with Gasteiger partial charge in [-0.1, -0.05) is 29.8 Å².